The van der Waals surface area contributed by atoms with Gasteiger partial charge in [-0.1, -0.05) is 36.4 Å². The van der Waals surface area contributed by atoms with E-state index in [2.05, 4.69) is 4.98 Å². The van der Waals surface area contributed by atoms with Gasteiger partial charge in [0, 0.05) is 6.08 Å². The Balaban J connectivity index is 2.23. The molecule has 0 spiro atoms. The second-order valence-corrected chi connectivity index (χ2v) is 9.78. The van der Waals surface area contributed by atoms with Crippen LogP contribution in [0.1, 0.15) is 38.8 Å². The van der Waals surface area contributed by atoms with Crippen molar-refractivity contribution in [1.29, 1.82) is 0 Å². The number of ether oxygens (including phenoxy) is 1. The summed E-state index contributed by atoms with van der Waals surface area (Å²) in [5.74, 6) is -0.577. The summed E-state index contributed by atoms with van der Waals surface area (Å²) < 4.78 is 32.0. The lowest BCUT2D eigenvalue weighted by Crippen LogP contribution is -2.23. The molecule has 3 aromatic rings. The first-order valence-electron chi connectivity index (χ1n) is 9.61. The lowest BCUT2D eigenvalue weighted by atomic mass is 9.97. The standard InChI is InChI=1S/C22H25N3O4S/c1-14(2)29-21(26)13-18(16-8-6-5-7-9-16)17-10-11-19-20(12-17)25(22(23)24-19)30(27,28)15(3)4/h5-15H,1-4H3,(H2,23,24)/b18-13+. The summed E-state index contributed by atoms with van der Waals surface area (Å²) in [6.45, 7) is 6.72. The number of rotatable bonds is 6. The second-order valence-electron chi connectivity index (χ2n) is 7.44. The smallest absolute Gasteiger partial charge is 0.331 e. The predicted octanol–water partition coefficient (Wildman–Crippen LogP) is 3.59. The number of hydrogen-bond acceptors (Lipinski definition) is 6. The van der Waals surface area contributed by atoms with Crippen LogP contribution in [-0.4, -0.2) is 34.7 Å². The molecule has 30 heavy (non-hydrogen) atoms. The van der Waals surface area contributed by atoms with E-state index in [0.29, 0.717) is 22.2 Å². The molecular weight excluding hydrogens is 402 g/mol. The molecule has 0 aliphatic heterocycles. The fourth-order valence-electron chi connectivity index (χ4n) is 3.05. The Morgan fingerprint density at radius 2 is 1.73 bits per heavy atom. The molecule has 0 atom stereocenters. The maximum atomic E-state index is 12.8. The number of nitrogens with two attached hydrogens (primary N) is 1. The average molecular weight is 428 g/mol. The zero-order valence-corrected chi connectivity index (χ0v) is 18.2. The molecule has 0 unspecified atom stereocenters. The van der Waals surface area contributed by atoms with Crippen molar-refractivity contribution in [3.63, 3.8) is 0 Å². The first kappa shape index (κ1) is 21.6. The predicted molar refractivity (Wildman–Crippen MR) is 118 cm³/mol. The van der Waals surface area contributed by atoms with Crippen molar-refractivity contribution in [3.05, 3.63) is 65.7 Å². The molecule has 1 heterocycles. The van der Waals surface area contributed by atoms with Crippen LogP contribution in [0, 0.1) is 0 Å². The van der Waals surface area contributed by atoms with E-state index < -0.39 is 21.2 Å². The van der Waals surface area contributed by atoms with E-state index in [4.69, 9.17) is 10.5 Å². The number of fused-ring (bicyclic) bond motifs is 1. The van der Waals surface area contributed by atoms with Crippen LogP contribution in [0.4, 0.5) is 5.95 Å². The van der Waals surface area contributed by atoms with Gasteiger partial charge in [-0.05, 0) is 56.5 Å². The van der Waals surface area contributed by atoms with E-state index in [9.17, 15) is 13.2 Å². The monoisotopic (exact) mass is 427 g/mol. The minimum Gasteiger partial charge on any atom is -0.460 e. The molecule has 1 aromatic heterocycles. The van der Waals surface area contributed by atoms with Gasteiger partial charge in [0.05, 0.1) is 22.4 Å². The molecular formula is C22H25N3O4S. The molecule has 0 fully saturated rings. The van der Waals surface area contributed by atoms with E-state index >= 15 is 0 Å². The highest BCUT2D eigenvalue weighted by Gasteiger charge is 2.25. The number of carbonyl (C=O) groups is 1. The van der Waals surface area contributed by atoms with Crippen LogP contribution < -0.4 is 5.73 Å². The number of benzene rings is 2. The van der Waals surface area contributed by atoms with E-state index in [1.54, 1.807) is 45.9 Å². The third kappa shape index (κ3) is 4.23. The van der Waals surface area contributed by atoms with Crippen molar-refractivity contribution < 1.29 is 17.9 Å². The topological polar surface area (TPSA) is 104 Å². The normalized spacial score (nSPS) is 12.7. The summed E-state index contributed by atoms with van der Waals surface area (Å²) >= 11 is 0. The quantitative estimate of drug-likeness (QED) is 0.476. The van der Waals surface area contributed by atoms with Gasteiger partial charge < -0.3 is 10.5 Å². The summed E-state index contributed by atoms with van der Waals surface area (Å²) in [5, 5.41) is -0.675. The number of nitrogen functional groups attached to an aromatic ring is 1. The third-order valence-electron chi connectivity index (χ3n) is 4.50. The Morgan fingerprint density at radius 1 is 1.07 bits per heavy atom. The first-order chi connectivity index (χ1) is 14.1. The molecule has 2 N–H and O–H groups in total. The Morgan fingerprint density at radius 3 is 2.33 bits per heavy atom. The number of carbonyl (C=O) groups excluding carboxylic acids is 1. The third-order valence-corrected chi connectivity index (χ3v) is 6.58. The summed E-state index contributed by atoms with van der Waals surface area (Å²) in [7, 11) is -3.72. The van der Waals surface area contributed by atoms with Gasteiger partial charge in [0.25, 0.3) is 0 Å². The van der Waals surface area contributed by atoms with Crippen LogP contribution in [0.25, 0.3) is 16.6 Å². The summed E-state index contributed by atoms with van der Waals surface area (Å²) in [6.07, 6.45) is 1.16. The van der Waals surface area contributed by atoms with E-state index in [1.807, 2.05) is 30.3 Å². The van der Waals surface area contributed by atoms with E-state index in [1.165, 1.54) is 6.08 Å². The van der Waals surface area contributed by atoms with Gasteiger partial charge in [0.15, 0.2) is 0 Å². The maximum absolute atomic E-state index is 12.8. The highest BCUT2D eigenvalue weighted by atomic mass is 32.2. The zero-order chi connectivity index (χ0) is 22.1. The van der Waals surface area contributed by atoms with E-state index in [0.717, 1.165) is 9.54 Å². The Hall–Kier alpha value is -3.13. The number of aromatic nitrogens is 2. The van der Waals surface area contributed by atoms with Crippen LogP contribution >= 0.6 is 0 Å². The first-order valence-corrected chi connectivity index (χ1v) is 11.1. The molecule has 0 amide bonds. The van der Waals surface area contributed by atoms with Gasteiger partial charge in [0.1, 0.15) is 0 Å². The second kappa shape index (κ2) is 8.31. The number of imidazole rings is 1. The van der Waals surface area contributed by atoms with Gasteiger partial charge in [-0.15, -0.1) is 0 Å². The molecule has 0 radical (unpaired) electrons. The molecule has 0 saturated carbocycles. The largest absolute Gasteiger partial charge is 0.460 e. The van der Waals surface area contributed by atoms with Crippen molar-refractivity contribution in [2.75, 3.05) is 5.73 Å². The molecule has 3 rings (SSSR count). The van der Waals surface area contributed by atoms with E-state index in [-0.39, 0.29) is 12.1 Å². The van der Waals surface area contributed by atoms with Gasteiger partial charge in [-0.3, -0.25) is 0 Å². The summed E-state index contributed by atoms with van der Waals surface area (Å²) in [6, 6.07) is 14.5. The highest BCUT2D eigenvalue weighted by Crippen LogP contribution is 2.29. The van der Waals surface area contributed by atoms with Crippen molar-refractivity contribution in [2.45, 2.75) is 39.0 Å². The minimum atomic E-state index is -3.72. The number of anilines is 1. The molecule has 0 aliphatic carbocycles. The molecule has 8 heteroatoms. The van der Waals surface area contributed by atoms with Gasteiger partial charge in [-0.25, -0.2) is 22.2 Å². The fourth-order valence-corrected chi connectivity index (χ4v) is 4.20. The van der Waals surface area contributed by atoms with Crippen molar-refractivity contribution >= 4 is 38.5 Å². The van der Waals surface area contributed by atoms with Crippen LogP contribution in [0.2, 0.25) is 0 Å². The Labute approximate surface area is 176 Å². The zero-order valence-electron chi connectivity index (χ0n) is 17.4. The highest BCUT2D eigenvalue weighted by molar-refractivity contribution is 7.90. The summed E-state index contributed by atoms with van der Waals surface area (Å²) in [5.41, 5.74) is 8.80. The molecule has 7 nitrogen and oxygen atoms in total. The molecule has 0 saturated heterocycles. The molecule has 0 aliphatic rings. The number of hydrogen-bond donors (Lipinski definition) is 1. The SMILES string of the molecule is CC(C)OC(=O)/C=C(\c1ccccc1)c1ccc2nc(N)n(S(=O)(=O)C(C)C)c2c1. The average Bonchev–Trinajstić information content (AvgIpc) is 3.01. The Kier molecular flexibility index (Phi) is 5.98. The molecule has 2 aromatic carbocycles. The Bertz CT molecular complexity index is 1210. The van der Waals surface area contributed by atoms with Crippen LogP contribution in [-0.2, 0) is 19.6 Å². The number of esters is 1. The van der Waals surface area contributed by atoms with Crippen LogP contribution in [0.5, 0.6) is 0 Å². The molecule has 0 bridgehead atoms. The van der Waals surface area contributed by atoms with Gasteiger partial charge in [0.2, 0.25) is 16.0 Å². The fraction of sp³-hybridized carbons (Fsp3) is 0.273. The van der Waals surface area contributed by atoms with Crippen molar-refractivity contribution in [1.82, 2.24) is 8.96 Å². The van der Waals surface area contributed by atoms with Gasteiger partial charge >= 0.3 is 5.97 Å². The van der Waals surface area contributed by atoms with Crippen molar-refractivity contribution in [3.8, 4) is 0 Å². The molecule has 158 valence electrons. The van der Waals surface area contributed by atoms with Crippen molar-refractivity contribution in [2.24, 2.45) is 0 Å². The van der Waals surface area contributed by atoms with Crippen LogP contribution in [0.3, 0.4) is 0 Å². The van der Waals surface area contributed by atoms with Crippen LogP contribution in [0.15, 0.2) is 54.6 Å². The summed E-state index contributed by atoms with van der Waals surface area (Å²) in [4.78, 5) is 16.5. The lowest BCUT2D eigenvalue weighted by Gasteiger charge is -2.13. The number of nitrogens with zero attached hydrogens (tertiary/aromatic N) is 2. The minimum absolute atomic E-state index is 0.0969. The van der Waals surface area contributed by atoms with Gasteiger partial charge in [-0.2, -0.15) is 0 Å². The lowest BCUT2D eigenvalue weighted by molar-refractivity contribution is -0.141. The maximum Gasteiger partial charge on any atom is 0.331 e.